The molecule has 1 aliphatic heterocycles. The van der Waals surface area contributed by atoms with E-state index in [1.165, 1.54) is 12.1 Å². The lowest BCUT2D eigenvalue weighted by Crippen LogP contribution is -2.47. The molecule has 5 heteroatoms. The minimum atomic E-state index is -4.42. The van der Waals surface area contributed by atoms with Crippen LogP contribution in [0.5, 0.6) is 0 Å². The number of carbonyl (C=O) groups excluding carboxylic acids is 1. The summed E-state index contributed by atoms with van der Waals surface area (Å²) in [5.74, 6) is -0.237. The van der Waals surface area contributed by atoms with E-state index in [0.29, 0.717) is 12.8 Å². The van der Waals surface area contributed by atoms with E-state index in [-0.39, 0.29) is 11.3 Å². The van der Waals surface area contributed by atoms with Crippen molar-refractivity contribution in [3.05, 3.63) is 35.4 Å². The number of rotatable bonds is 3. The highest BCUT2D eigenvalue weighted by atomic mass is 19.4. The molecule has 1 N–H and O–H groups in total. The Hall–Kier alpha value is -1.36. The van der Waals surface area contributed by atoms with Gasteiger partial charge in [0.25, 0.3) is 0 Å². The van der Waals surface area contributed by atoms with Gasteiger partial charge in [0.05, 0.1) is 11.1 Å². The van der Waals surface area contributed by atoms with Crippen molar-refractivity contribution < 1.29 is 18.0 Å². The monoisotopic (exact) mass is 271 g/mol. The van der Waals surface area contributed by atoms with E-state index < -0.39 is 17.3 Å². The van der Waals surface area contributed by atoms with E-state index in [9.17, 15) is 18.0 Å². The number of carbonyl (C=O) groups is 1. The second kappa shape index (κ2) is 4.96. The van der Waals surface area contributed by atoms with Crippen LogP contribution < -0.4 is 5.32 Å². The van der Waals surface area contributed by atoms with Crippen LogP contribution in [0.4, 0.5) is 13.2 Å². The molecule has 1 atom stereocenters. The maximum atomic E-state index is 12.7. The summed E-state index contributed by atoms with van der Waals surface area (Å²) in [5, 5.41) is 3.15. The Morgan fingerprint density at radius 3 is 2.68 bits per heavy atom. The van der Waals surface area contributed by atoms with Crippen LogP contribution in [0.2, 0.25) is 0 Å². The van der Waals surface area contributed by atoms with Gasteiger partial charge in [0.2, 0.25) is 0 Å². The first-order valence-electron chi connectivity index (χ1n) is 6.36. The molecule has 1 aromatic carbocycles. The van der Waals surface area contributed by atoms with Crippen molar-refractivity contribution in [1.29, 1.82) is 0 Å². The van der Waals surface area contributed by atoms with Crippen LogP contribution in [-0.4, -0.2) is 17.9 Å². The number of halogens is 3. The lowest BCUT2D eigenvalue weighted by Gasteiger charge is -2.26. The van der Waals surface area contributed by atoms with Crippen molar-refractivity contribution in [3.8, 4) is 0 Å². The average molecular weight is 271 g/mol. The number of ketones is 1. The van der Waals surface area contributed by atoms with Crippen molar-refractivity contribution in [3.63, 3.8) is 0 Å². The number of nitrogens with one attached hydrogen (secondary N) is 1. The number of Topliss-reactive ketones (excluding diaryl/α,β-unsaturated/α-hetero) is 1. The highest BCUT2D eigenvalue weighted by Gasteiger charge is 2.40. The Morgan fingerprint density at radius 2 is 2.16 bits per heavy atom. The standard InChI is InChI=1S/C14H16F3NO/c1-2-13(7-4-8-18-13)12(19)10-5-3-6-11(9-10)14(15,16)17/h3,5-6,9,18H,2,4,7-8H2,1H3. The van der Waals surface area contributed by atoms with Crippen LogP contribution >= 0.6 is 0 Å². The highest BCUT2D eigenvalue weighted by Crippen LogP contribution is 2.32. The van der Waals surface area contributed by atoms with E-state index in [0.717, 1.165) is 25.1 Å². The van der Waals surface area contributed by atoms with Gasteiger partial charge in [-0.3, -0.25) is 4.79 Å². The quantitative estimate of drug-likeness (QED) is 0.853. The molecule has 19 heavy (non-hydrogen) atoms. The van der Waals surface area contributed by atoms with Crippen molar-refractivity contribution in [2.75, 3.05) is 6.54 Å². The fraction of sp³-hybridized carbons (Fsp3) is 0.500. The molecule has 0 radical (unpaired) electrons. The predicted octanol–water partition coefficient (Wildman–Crippen LogP) is 3.42. The lowest BCUT2D eigenvalue weighted by atomic mass is 9.85. The third-order valence-electron chi connectivity index (χ3n) is 3.73. The Morgan fingerprint density at radius 1 is 1.42 bits per heavy atom. The maximum absolute atomic E-state index is 12.7. The molecule has 0 spiro atoms. The molecule has 1 aliphatic rings. The zero-order valence-corrected chi connectivity index (χ0v) is 10.7. The van der Waals surface area contributed by atoms with Gasteiger partial charge < -0.3 is 5.32 Å². The van der Waals surface area contributed by atoms with Gasteiger partial charge in [-0.25, -0.2) is 0 Å². The smallest absolute Gasteiger partial charge is 0.305 e. The third kappa shape index (κ3) is 2.66. The molecule has 1 heterocycles. The number of alkyl halides is 3. The summed E-state index contributed by atoms with van der Waals surface area (Å²) < 4.78 is 38.0. The van der Waals surface area contributed by atoms with Crippen molar-refractivity contribution >= 4 is 5.78 Å². The zero-order valence-electron chi connectivity index (χ0n) is 10.7. The van der Waals surface area contributed by atoms with E-state index in [4.69, 9.17) is 0 Å². The molecular weight excluding hydrogens is 255 g/mol. The third-order valence-corrected chi connectivity index (χ3v) is 3.73. The Balaban J connectivity index is 2.34. The van der Waals surface area contributed by atoms with Gasteiger partial charge in [0.1, 0.15) is 0 Å². The maximum Gasteiger partial charge on any atom is 0.416 e. The fourth-order valence-corrected chi connectivity index (χ4v) is 2.58. The summed E-state index contributed by atoms with van der Waals surface area (Å²) in [4.78, 5) is 12.4. The summed E-state index contributed by atoms with van der Waals surface area (Å²) in [7, 11) is 0. The van der Waals surface area contributed by atoms with Crippen molar-refractivity contribution in [2.24, 2.45) is 0 Å². The van der Waals surface area contributed by atoms with Crippen LogP contribution in [-0.2, 0) is 6.18 Å². The molecule has 0 aliphatic carbocycles. The van der Waals surface area contributed by atoms with Gasteiger partial charge in [0, 0.05) is 5.56 Å². The second-order valence-corrected chi connectivity index (χ2v) is 4.87. The molecule has 1 fully saturated rings. The highest BCUT2D eigenvalue weighted by molar-refractivity contribution is 6.03. The van der Waals surface area contributed by atoms with Crippen molar-refractivity contribution in [2.45, 2.75) is 37.9 Å². The summed E-state index contributed by atoms with van der Waals surface area (Å²) in [5.41, 5.74) is -1.34. The summed E-state index contributed by atoms with van der Waals surface area (Å²) in [6.07, 6.45) is -2.28. The van der Waals surface area contributed by atoms with Gasteiger partial charge >= 0.3 is 6.18 Å². The van der Waals surface area contributed by atoms with E-state index in [1.807, 2.05) is 6.92 Å². The SMILES string of the molecule is CCC1(C(=O)c2cccc(C(F)(F)F)c2)CCCN1. The Kier molecular flexibility index (Phi) is 3.67. The molecule has 104 valence electrons. The summed E-state index contributed by atoms with van der Waals surface area (Å²) in [6.45, 7) is 2.61. The van der Waals surface area contributed by atoms with E-state index in [2.05, 4.69) is 5.32 Å². The topological polar surface area (TPSA) is 29.1 Å². The molecule has 1 unspecified atom stereocenters. The molecule has 0 aromatic heterocycles. The fourth-order valence-electron chi connectivity index (χ4n) is 2.58. The summed E-state index contributed by atoms with van der Waals surface area (Å²) >= 11 is 0. The van der Waals surface area contributed by atoms with Gasteiger partial charge in [-0.2, -0.15) is 13.2 Å². The first kappa shape index (κ1) is 14.1. The van der Waals surface area contributed by atoms with E-state index >= 15 is 0 Å². The Labute approximate surface area is 110 Å². The first-order chi connectivity index (χ1) is 8.89. The molecular formula is C14H16F3NO. The molecule has 2 nitrogen and oxygen atoms in total. The van der Waals surface area contributed by atoms with E-state index in [1.54, 1.807) is 0 Å². The molecule has 0 saturated carbocycles. The normalized spacial score (nSPS) is 23.6. The summed E-state index contributed by atoms with van der Waals surface area (Å²) in [6, 6.07) is 4.67. The minimum absolute atomic E-state index is 0.131. The second-order valence-electron chi connectivity index (χ2n) is 4.87. The van der Waals surface area contributed by atoms with Gasteiger partial charge in [0.15, 0.2) is 5.78 Å². The van der Waals surface area contributed by atoms with Crippen LogP contribution in [0.3, 0.4) is 0 Å². The predicted molar refractivity (Wildman–Crippen MR) is 66.0 cm³/mol. The molecule has 0 amide bonds. The van der Waals surface area contributed by atoms with Crippen LogP contribution in [0.15, 0.2) is 24.3 Å². The van der Waals surface area contributed by atoms with Gasteiger partial charge in [-0.1, -0.05) is 19.1 Å². The molecule has 2 rings (SSSR count). The lowest BCUT2D eigenvalue weighted by molar-refractivity contribution is -0.137. The van der Waals surface area contributed by atoms with Crippen LogP contribution in [0.1, 0.15) is 42.1 Å². The minimum Gasteiger partial charge on any atom is -0.305 e. The average Bonchev–Trinajstić information content (AvgIpc) is 2.87. The number of hydrogen-bond acceptors (Lipinski definition) is 2. The number of benzene rings is 1. The van der Waals surface area contributed by atoms with Crippen LogP contribution in [0, 0.1) is 0 Å². The Bertz CT molecular complexity index is 476. The molecule has 1 aromatic rings. The first-order valence-corrected chi connectivity index (χ1v) is 6.36. The molecule has 0 bridgehead atoms. The van der Waals surface area contributed by atoms with Gasteiger partial charge in [-0.15, -0.1) is 0 Å². The largest absolute Gasteiger partial charge is 0.416 e. The van der Waals surface area contributed by atoms with Crippen molar-refractivity contribution in [1.82, 2.24) is 5.32 Å². The van der Waals surface area contributed by atoms with Gasteiger partial charge in [-0.05, 0) is 37.9 Å². The zero-order chi connectivity index (χ0) is 14.1. The number of hydrogen-bond donors (Lipinski definition) is 1. The van der Waals surface area contributed by atoms with Crippen LogP contribution in [0.25, 0.3) is 0 Å². The molecule has 1 saturated heterocycles.